The summed E-state index contributed by atoms with van der Waals surface area (Å²) in [6, 6.07) is 15.7. The van der Waals surface area contributed by atoms with Crippen LogP contribution < -0.4 is 9.47 Å². The number of rotatable bonds is 7. The van der Waals surface area contributed by atoms with Crippen molar-refractivity contribution in [1.29, 1.82) is 0 Å². The maximum atomic E-state index is 12.6. The Balaban J connectivity index is 1.63. The zero-order valence-electron chi connectivity index (χ0n) is 15.9. The van der Waals surface area contributed by atoms with Gasteiger partial charge >= 0.3 is 12.1 Å². The first-order valence-electron chi connectivity index (χ1n) is 9.00. The highest BCUT2D eigenvalue weighted by Gasteiger charge is 2.29. The van der Waals surface area contributed by atoms with Crippen LogP contribution in [0.3, 0.4) is 0 Å². The number of carbonyl (C=O) groups is 1. The Morgan fingerprint density at radius 1 is 1.00 bits per heavy atom. The number of carboxylic acid groups (broad SMARTS) is 1. The van der Waals surface area contributed by atoms with Gasteiger partial charge in [-0.2, -0.15) is 13.2 Å². The van der Waals surface area contributed by atoms with Crippen LogP contribution >= 0.6 is 11.6 Å². The molecule has 0 bridgehead atoms. The lowest BCUT2D eigenvalue weighted by atomic mass is 10.1. The lowest BCUT2D eigenvalue weighted by molar-refractivity contribution is -0.137. The van der Waals surface area contributed by atoms with Crippen LogP contribution in [0.15, 0.2) is 72.8 Å². The third kappa shape index (κ3) is 6.02. The highest BCUT2D eigenvalue weighted by molar-refractivity contribution is 6.32. The fourth-order valence-electron chi connectivity index (χ4n) is 2.64. The Morgan fingerprint density at radius 3 is 2.35 bits per heavy atom. The van der Waals surface area contributed by atoms with Crippen molar-refractivity contribution in [2.75, 3.05) is 6.61 Å². The number of halogens is 4. The predicted molar refractivity (Wildman–Crippen MR) is 111 cm³/mol. The van der Waals surface area contributed by atoms with E-state index in [9.17, 15) is 23.1 Å². The molecule has 0 aliphatic heterocycles. The molecule has 160 valence electrons. The van der Waals surface area contributed by atoms with Crippen LogP contribution in [0.4, 0.5) is 13.2 Å². The molecule has 4 nitrogen and oxygen atoms in total. The van der Waals surface area contributed by atoms with Crippen LogP contribution in [0, 0.1) is 0 Å². The van der Waals surface area contributed by atoms with Gasteiger partial charge in [-0.15, -0.1) is 0 Å². The number of benzene rings is 3. The number of hydrogen-bond acceptors (Lipinski definition) is 3. The van der Waals surface area contributed by atoms with E-state index in [1.807, 2.05) is 0 Å². The van der Waals surface area contributed by atoms with Gasteiger partial charge in [-0.25, -0.2) is 4.79 Å². The van der Waals surface area contributed by atoms with Gasteiger partial charge in [0.05, 0.1) is 10.6 Å². The molecule has 0 amide bonds. The molecular weight excluding hydrogens is 433 g/mol. The average molecular weight is 449 g/mol. The van der Waals surface area contributed by atoms with Gasteiger partial charge in [0.25, 0.3) is 0 Å². The maximum Gasteiger partial charge on any atom is 0.416 e. The monoisotopic (exact) mass is 448 g/mol. The fraction of sp³-hybridized carbons (Fsp3) is 0.0870. The molecule has 0 saturated heterocycles. The minimum absolute atomic E-state index is 0.0241. The van der Waals surface area contributed by atoms with Gasteiger partial charge < -0.3 is 14.6 Å². The van der Waals surface area contributed by atoms with E-state index in [0.717, 1.165) is 12.1 Å². The first-order chi connectivity index (χ1) is 14.7. The molecular formula is C23H16ClF3O4. The molecule has 0 aliphatic carbocycles. The number of carboxylic acids is 1. The van der Waals surface area contributed by atoms with Crippen molar-refractivity contribution in [2.45, 2.75) is 6.18 Å². The van der Waals surface area contributed by atoms with E-state index in [1.165, 1.54) is 30.3 Å². The van der Waals surface area contributed by atoms with Crippen LogP contribution in [0.1, 0.15) is 21.5 Å². The van der Waals surface area contributed by atoms with E-state index in [1.54, 1.807) is 36.4 Å². The zero-order chi connectivity index (χ0) is 22.4. The first kappa shape index (κ1) is 22.2. The zero-order valence-corrected chi connectivity index (χ0v) is 16.7. The summed E-state index contributed by atoms with van der Waals surface area (Å²) in [5, 5.41) is 9.45. The van der Waals surface area contributed by atoms with Gasteiger partial charge in [0.1, 0.15) is 23.7 Å². The number of ether oxygens (including phenoxy) is 2. The molecule has 0 saturated carbocycles. The van der Waals surface area contributed by atoms with Crippen LogP contribution in [-0.4, -0.2) is 17.7 Å². The molecule has 31 heavy (non-hydrogen) atoms. The molecule has 0 radical (unpaired) electrons. The largest absolute Gasteiger partial charge is 0.489 e. The second kappa shape index (κ2) is 9.57. The Hall–Kier alpha value is -3.45. The van der Waals surface area contributed by atoms with Crippen molar-refractivity contribution in [1.82, 2.24) is 0 Å². The normalized spacial score (nSPS) is 11.5. The number of hydrogen-bond donors (Lipinski definition) is 1. The third-order valence-electron chi connectivity index (χ3n) is 4.12. The van der Waals surface area contributed by atoms with Gasteiger partial charge in [-0.3, -0.25) is 0 Å². The Morgan fingerprint density at radius 2 is 1.68 bits per heavy atom. The first-order valence-corrected chi connectivity index (χ1v) is 9.38. The molecule has 3 rings (SSSR count). The van der Waals surface area contributed by atoms with Crippen LogP contribution in [-0.2, 0) is 6.18 Å². The standard InChI is InChI=1S/C23H16ClF3O4/c24-20-8-2-7-19(22(28)29)21(20)31-18-6-1-5-17(14-18)30-13-3-4-15-9-11-16(12-10-15)23(25,26)27/h1-12,14H,13H2,(H,28,29). The maximum absolute atomic E-state index is 12.6. The Labute approximate surface area is 181 Å². The van der Waals surface area contributed by atoms with Gasteiger partial charge in [0.2, 0.25) is 0 Å². The highest BCUT2D eigenvalue weighted by atomic mass is 35.5. The molecule has 3 aromatic rings. The molecule has 0 fully saturated rings. The molecule has 0 aliphatic rings. The van der Waals surface area contributed by atoms with Crippen LogP contribution in [0.2, 0.25) is 5.02 Å². The minimum Gasteiger partial charge on any atom is -0.489 e. The summed E-state index contributed by atoms with van der Waals surface area (Å²) in [7, 11) is 0. The summed E-state index contributed by atoms with van der Waals surface area (Å²) in [5.74, 6) is -0.354. The van der Waals surface area contributed by atoms with Crippen LogP contribution in [0.25, 0.3) is 6.08 Å². The van der Waals surface area contributed by atoms with Crippen molar-refractivity contribution in [3.63, 3.8) is 0 Å². The van der Waals surface area contributed by atoms with Crippen molar-refractivity contribution < 1.29 is 32.5 Å². The van der Waals surface area contributed by atoms with E-state index in [4.69, 9.17) is 21.1 Å². The van der Waals surface area contributed by atoms with E-state index in [2.05, 4.69) is 0 Å². The van der Waals surface area contributed by atoms with Gasteiger partial charge in [0, 0.05) is 6.07 Å². The molecule has 0 aromatic heterocycles. The van der Waals surface area contributed by atoms with E-state index >= 15 is 0 Å². The molecule has 1 N–H and O–H groups in total. The second-order valence-electron chi connectivity index (χ2n) is 6.33. The van der Waals surface area contributed by atoms with Gasteiger partial charge in [-0.1, -0.05) is 41.9 Å². The third-order valence-corrected chi connectivity index (χ3v) is 4.41. The number of alkyl halides is 3. The summed E-state index contributed by atoms with van der Waals surface area (Å²) in [4.78, 5) is 11.4. The molecule has 0 heterocycles. The van der Waals surface area contributed by atoms with Gasteiger partial charge in [-0.05, 0) is 48.0 Å². The van der Waals surface area contributed by atoms with Crippen LogP contribution in [0.5, 0.6) is 17.2 Å². The predicted octanol–water partition coefficient (Wildman–Crippen LogP) is 6.94. The average Bonchev–Trinajstić information content (AvgIpc) is 2.72. The smallest absolute Gasteiger partial charge is 0.416 e. The SMILES string of the molecule is O=C(O)c1cccc(Cl)c1Oc1cccc(OCC=Cc2ccc(C(F)(F)F)cc2)c1. The lowest BCUT2D eigenvalue weighted by Gasteiger charge is -2.11. The molecule has 3 aromatic carbocycles. The van der Waals surface area contributed by atoms with E-state index in [-0.39, 0.29) is 22.9 Å². The number of aromatic carboxylic acids is 1. The second-order valence-corrected chi connectivity index (χ2v) is 6.74. The van der Waals surface area contributed by atoms with Crippen molar-refractivity contribution in [3.8, 4) is 17.2 Å². The summed E-state index contributed by atoms with van der Waals surface area (Å²) in [6.07, 6.45) is -1.07. The highest BCUT2D eigenvalue weighted by Crippen LogP contribution is 2.34. The van der Waals surface area contributed by atoms with Crippen molar-refractivity contribution in [3.05, 3.63) is 94.5 Å². The minimum atomic E-state index is -4.37. The molecule has 0 unspecified atom stereocenters. The Bertz CT molecular complexity index is 1090. The van der Waals surface area contributed by atoms with Gasteiger partial charge in [0.15, 0.2) is 5.75 Å². The number of para-hydroxylation sites is 1. The molecule has 8 heteroatoms. The van der Waals surface area contributed by atoms with Crippen molar-refractivity contribution >= 4 is 23.6 Å². The lowest BCUT2D eigenvalue weighted by Crippen LogP contribution is -2.03. The van der Waals surface area contributed by atoms with Crippen molar-refractivity contribution in [2.24, 2.45) is 0 Å². The quantitative estimate of drug-likeness (QED) is 0.425. The topological polar surface area (TPSA) is 55.8 Å². The van der Waals surface area contributed by atoms with E-state index < -0.39 is 17.7 Å². The summed E-state index contributed by atoms with van der Waals surface area (Å²) in [6.45, 7) is 0.164. The Kier molecular flexibility index (Phi) is 6.87. The van der Waals surface area contributed by atoms with E-state index in [0.29, 0.717) is 17.1 Å². The molecule has 0 spiro atoms. The molecule has 0 atom stereocenters. The fourth-order valence-corrected chi connectivity index (χ4v) is 2.85. The summed E-state index contributed by atoms with van der Waals surface area (Å²) < 4.78 is 49.0. The summed E-state index contributed by atoms with van der Waals surface area (Å²) >= 11 is 6.07. The summed E-state index contributed by atoms with van der Waals surface area (Å²) in [5.41, 5.74) is -0.172.